The number of nitrogens with one attached hydrogen (secondary N) is 1. The highest BCUT2D eigenvalue weighted by molar-refractivity contribution is 5.20. The smallest absolute Gasteiger partial charge is 0.123 e. The molecular formula is C15H22FN. The molecule has 2 atom stereocenters. The van der Waals surface area contributed by atoms with Crippen LogP contribution in [0.15, 0.2) is 36.9 Å². The molecule has 0 saturated carbocycles. The molecule has 2 unspecified atom stereocenters. The Labute approximate surface area is 104 Å². The lowest BCUT2D eigenvalue weighted by atomic mass is 10.0. The summed E-state index contributed by atoms with van der Waals surface area (Å²) in [6, 6.07) is 7.48. The van der Waals surface area contributed by atoms with E-state index in [9.17, 15) is 4.39 Å². The maximum atomic E-state index is 12.9. The van der Waals surface area contributed by atoms with Crippen LogP contribution in [0, 0.1) is 5.82 Å². The maximum Gasteiger partial charge on any atom is 0.123 e. The van der Waals surface area contributed by atoms with Gasteiger partial charge in [0.05, 0.1) is 0 Å². The Bertz CT molecular complexity index is 331. The molecule has 0 aromatic heterocycles. The number of hydrogen-bond donors (Lipinski definition) is 1. The van der Waals surface area contributed by atoms with Crippen molar-refractivity contribution in [2.75, 3.05) is 0 Å². The Morgan fingerprint density at radius 1 is 1.35 bits per heavy atom. The molecule has 0 fully saturated rings. The molecule has 1 aromatic rings. The van der Waals surface area contributed by atoms with Gasteiger partial charge in [-0.05, 0) is 37.5 Å². The highest BCUT2D eigenvalue weighted by atomic mass is 19.1. The lowest BCUT2D eigenvalue weighted by Gasteiger charge is -2.23. The molecule has 0 spiro atoms. The summed E-state index contributed by atoms with van der Waals surface area (Å²) in [5.74, 6) is -0.178. The number of benzene rings is 1. The Morgan fingerprint density at radius 2 is 2.00 bits per heavy atom. The van der Waals surface area contributed by atoms with Crippen LogP contribution in [0.25, 0.3) is 0 Å². The van der Waals surface area contributed by atoms with Crippen molar-refractivity contribution < 1.29 is 4.39 Å². The van der Waals surface area contributed by atoms with Gasteiger partial charge in [-0.2, -0.15) is 0 Å². The van der Waals surface area contributed by atoms with Crippen LogP contribution in [0.1, 0.15) is 44.7 Å². The normalized spacial score (nSPS) is 14.3. The number of hydrogen-bond acceptors (Lipinski definition) is 1. The largest absolute Gasteiger partial charge is 0.307 e. The molecule has 94 valence electrons. The van der Waals surface area contributed by atoms with Gasteiger partial charge in [-0.3, -0.25) is 0 Å². The summed E-state index contributed by atoms with van der Waals surface area (Å²) in [5, 5.41) is 3.56. The van der Waals surface area contributed by atoms with Crippen molar-refractivity contribution in [2.45, 2.75) is 45.2 Å². The Balaban J connectivity index is 2.70. The quantitative estimate of drug-likeness (QED) is 0.698. The van der Waals surface area contributed by atoms with Crippen LogP contribution in [0.5, 0.6) is 0 Å². The van der Waals surface area contributed by atoms with E-state index >= 15 is 0 Å². The highest BCUT2D eigenvalue weighted by Gasteiger charge is 2.12. The fraction of sp³-hybridized carbons (Fsp3) is 0.467. The number of halogens is 1. The molecule has 1 N–H and O–H groups in total. The SMILES string of the molecule is C=CCC(C)NC(CCC)c1ccc(F)cc1. The predicted molar refractivity (Wildman–Crippen MR) is 71.5 cm³/mol. The molecule has 1 nitrogen and oxygen atoms in total. The molecule has 0 aliphatic rings. The van der Waals surface area contributed by atoms with Gasteiger partial charge in [0, 0.05) is 12.1 Å². The van der Waals surface area contributed by atoms with Gasteiger partial charge >= 0.3 is 0 Å². The highest BCUT2D eigenvalue weighted by Crippen LogP contribution is 2.20. The zero-order chi connectivity index (χ0) is 12.7. The van der Waals surface area contributed by atoms with E-state index in [1.807, 2.05) is 18.2 Å². The minimum absolute atomic E-state index is 0.178. The fourth-order valence-electron chi connectivity index (χ4n) is 1.99. The molecular weight excluding hydrogens is 213 g/mol. The van der Waals surface area contributed by atoms with E-state index in [-0.39, 0.29) is 5.82 Å². The standard InChI is InChI=1S/C15H22FN/c1-4-6-12(3)17-15(7-5-2)13-8-10-14(16)11-9-13/h4,8-12,15,17H,1,5-7H2,2-3H3. The van der Waals surface area contributed by atoms with Crippen molar-refractivity contribution in [1.82, 2.24) is 5.32 Å². The monoisotopic (exact) mass is 235 g/mol. The summed E-state index contributed by atoms with van der Waals surface area (Å²) in [7, 11) is 0. The van der Waals surface area contributed by atoms with Crippen molar-refractivity contribution in [3.05, 3.63) is 48.3 Å². The first-order valence-corrected chi connectivity index (χ1v) is 6.29. The predicted octanol–water partition coefficient (Wildman–Crippen LogP) is 4.22. The van der Waals surface area contributed by atoms with Crippen LogP contribution in [0.2, 0.25) is 0 Å². The van der Waals surface area contributed by atoms with Crippen molar-refractivity contribution in [3.63, 3.8) is 0 Å². The summed E-state index contributed by atoms with van der Waals surface area (Å²) in [6.07, 6.45) is 5.04. The summed E-state index contributed by atoms with van der Waals surface area (Å²) < 4.78 is 12.9. The molecule has 0 saturated heterocycles. The maximum absolute atomic E-state index is 12.9. The zero-order valence-corrected chi connectivity index (χ0v) is 10.7. The summed E-state index contributed by atoms with van der Waals surface area (Å²) in [6.45, 7) is 8.06. The van der Waals surface area contributed by atoms with Crippen LogP contribution >= 0.6 is 0 Å². The van der Waals surface area contributed by atoms with Gasteiger partial charge in [0.2, 0.25) is 0 Å². The summed E-state index contributed by atoms with van der Waals surface area (Å²) in [5.41, 5.74) is 1.16. The zero-order valence-electron chi connectivity index (χ0n) is 10.7. The molecule has 0 radical (unpaired) electrons. The molecule has 0 bridgehead atoms. The van der Waals surface area contributed by atoms with Gasteiger partial charge in [0.1, 0.15) is 5.82 Å². The van der Waals surface area contributed by atoms with Gasteiger partial charge in [-0.15, -0.1) is 6.58 Å². The van der Waals surface area contributed by atoms with E-state index in [0.29, 0.717) is 12.1 Å². The first-order chi connectivity index (χ1) is 8.17. The van der Waals surface area contributed by atoms with Crippen LogP contribution in [0.4, 0.5) is 4.39 Å². The third-order valence-corrected chi connectivity index (χ3v) is 2.86. The van der Waals surface area contributed by atoms with Gasteiger partial charge in [0.15, 0.2) is 0 Å². The molecule has 17 heavy (non-hydrogen) atoms. The van der Waals surface area contributed by atoms with E-state index in [1.54, 1.807) is 0 Å². The van der Waals surface area contributed by atoms with Crippen LogP contribution in [-0.4, -0.2) is 6.04 Å². The molecule has 1 aromatic carbocycles. The molecule has 0 amide bonds. The summed E-state index contributed by atoms with van der Waals surface area (Å²) in [4.78, 5) is 0. The summed E-state index contributed by atoms with van der Waals surface area (Å²) >= 11 is 0. The molecule has 2 heteroatoms. The minimum atomic E-state index is -0.178. The van der Waals surface area contributed by atoms with Crippen molar-refractivity contribution in [3.8, 4) is 0 Å². The minimum Gasteiger partial charge on any atom is -0.307 e. The lowest BCUT2D eigenvalue weighted by Crippen LogP contribution is -2.30. The van der Waals surface area contributed by atoms with Crippen LogP contribution in [0.3, 0.4) is 0 Å². The Kier molecular flexibility index (Phi) is 5.92. The van der Waals surface area contributed by atoms with Gasteiger partial charge in [-0.25, -0.2) is 4.39 Å². The lowest BCUT2D eigenvalue weighted by molar-refractivity contribution is 0.432. The van der Waals surface area contributed by atoms with Gasteiger partial charge in [0.25, 0.3) is 0 Å². The van der Waals surface area contributed by atoms with E-state index in [2.05, 4.69) is 25.7 Å². The molecule has 1 rings (SSSR count). The first kappa shape index (κ1) is 13.9. The van der Waals surface area contributed by atoms with Crippen LogP contribution in [-0.2, 0) is 0 Å². The Hall–Kier alpha value is -1.15. The number of rotatable bonds is 7. The van der Waals surface area contributed by atoms with Crippen molar-refractivity contribution in [1.29, 1.82) is 0 Å². The third-order valence-electron chi connectivity index (χ3n) is 2.86. The molecule has 0 aliphatic heterocycles. The second-order valence-electron chi connectivity index (χ2n) is 4.48. The average molecular weight is 235 g/mol. The second-order valence-corrected chi connectivity index (χ2v) is 4.48. The van der Waals surface area contributed by atoms with Crippen molar-refractivity contribution >= 4 is 0 Å². The van der Waals surface area contributed by atoms with E-state index in [4.69, 9.17) is 0 Å². The Morgan fingerprint density at radius 3 is 2.53 bits per heavy atom. The fourth-order valence-corrected chi connectivity index (χ4v) is 1.99. The van der Waals surface area contributed by atoms with Crippen molar-refractivity contribution in [2.24, 2.45) is 0 Å². The van der Waals surface area contributed by atoms with E-state index in [0.717, 1.165) is 24.8 Å². The van der Waals surface area contributed by atoms with Gasteiger partial charge < -0.3 is 5.32 Å². The average Bonchev–Trinajstić information content (AvgIpc) is 2.30. The topological polar surface area (TPSA) is 12.0 Å². The first-order valence-electron chi connectivity index (χ1n) is 6.29. The van der Waals surface area contributed by atoms with Crippen LogP contribution < -0.4 is 5.32 Å². The van der Waals surface area contributed by atoms with E-state index < -0.39 is 0 Å². The van der Waals surface area contributed by atoms with E-state index in [1.165, 1.54) is 12.1 Å². The molecule has 0 heterocycles. The third kappa shape index (κ3) is 4.70. The second kappa shape index (κ2) is 7.23. The van der Waals surface area contributed by atoms with Gasteiger partial charge in [-0.1, -0.05) is 31.6 Å². The molecule has 0 aliphatic carbocycles.